The van der Waals surface area contributed by atoms with Gasteiger partial charge in [0.25, 0.3) is 0 Å². The first-order chi connectivity index (χ1) is 11.2. The second-order valence-electron chi connectivity index (χ2n) is 5.97. The summed E-state index contributed by atoms with van der Waals surface area (Å²) in [6.45, 7) is 0.642. The number of nitrogens with zero attached hydrogens (tertiary/aromatic N) is 1. The van der Waals surface area contributed by atoms with E-state index in [4.69, 9.17) is 9.47 Å². The third-order valence-electron chi connectivity index (χ3n) is 4.49. The topological polar surface area (TPSA) is 72.0 Å². The van der Waals surface area contributed by atoms with E-state index in [-0.39, 0.29) is 29.9 Å². The first kappa shape index (κ1) is 19.0. The molecule has 0 aromatic heterocycles. The van der Waals surface area contributed by atoms with Crippen LogP contribution in [0.5, 0.6) is 0 Å². The van der Waals surface area contributed by atoms with E-state index in [1.807, 2.05) is 12.1 Å². The van der Waals surface area contributed by atoms with Crippen molar-refractivity contribution in [1.82, 2.24) is 10.6 Å². The Morgan fingerprint density at radius 2 is 2.08 bits per heavy atom. The van der Waals surface area contributed by atoms with Gasteiger partial charge in [0.05, 0.1) is 30.9 Å². The van der Waals surface area contributed by atoms with Gasteiger partial charge in [-0.25, -0.2) is 4.79 Å². The number of benzene rings is 1. The van der Waals surface area contributed by atoms with Crippen molar-refractivity contribution in [3.05, 3.63) is 35.4 Å². The van der Waals surface area contributed by atoms with Crippen LogP contribution in [0, 0.1) is 0 Å². The number of fused-ring (bicyclic) bond motifs is 2. The summed E-state index contributed by atoms with van der Waals surface area (Å²) < 4.78 is 10.5. The number of ether oxygens (including phenoxy) is 2. The molecule has 0 radical (unpaired) electrons. The molecule has 2 bridgehead atoms. The maximum atomic E-state index is 11.4. The van der Waals surface area contributed by atoms with Crippen LogP contribution in [-0.4, -0.2) is 44.3 Å². The summed E-state index contributed by atoms with van der Waals surface area (Å²) in [6.07, 6.45) is 4.11. The summed E-state index contributed by atoms with van der Waals surface area (Å²) in [7, 11) is 3.15. The van der Waals surface area contributed by atoms with Gasteiger partial charge in [-0.05, 0) is 37.0 Å². The summed E-state index contributed by atoms with van der Waals surface area (Å²) in [5, 5.41) is 6.75. The van der Waals surface area contributed by atoms with E-state index in [0.717, 1.165) is 24.4 Å². The van der Waals surface area contributed by atoms with Crippen molar-refractivity contribution in [2.45, 2.75) is 44.1 Å². The fourth-order valence-corrected chi connectivity index (χ4v) is 3.22. The van der Waals surface area contributed by atoms with Crippen LogP contribution in [-0.2, 0) is 16.0 Å². The van der Waals surface area contributed by atoms with Crippen molar-refractivity contribution < 1.29 is 14.3 Å². The lowest BCUT2D eigenvalue weighted by atomic mass is 9.96. The molecule has 0 saturated carbocycles. The fourth-order valence-electron chi connectivity index (χ4n) is 3.22. The number of carbonyl (C=O) groups excluding carboxylic acids is 1. The molecule has 2 N–H and O–H groups in total. The normalized spacial score (nSPS) is 25.1. The molecule has 3 atom stereocenters. The van der Waals surface area contributed by atoms with Gasteiger partial charge in [-0.3, -0.25) is 4.99 Å². The first-order valence-corrected chi connectivity index (χ1v) is 7.99. The van der Waals surface area contributed by atoms with Gasteiger partial charge in [0, 0.05) is 13.6 Å². The Balaban J connectivity index is 0.00000208. The van der Waals surface area contributed by atoms with Crippen LogP contribution in [0.4, 0.5) is 0 Å². The van der Waals surface area contributed by atoms with E-state index in [1.165, 1.54) is 13.5 Å². The lowest BCUT2D eigenvalue weighted by Crippen LogP contribution is -2.47. The molecule has 2 aliphatic rings. The Morgan fingerprint density at radius 1 is 1.33 bits per heavy atom. The molecule has 24 heavy (non-hydrogen) atoms. The number of guanidine groups is 1. The van der Waals surface area contributed by atoms with Crippen LogP contribution < -0.4 is 10.6 Å². The molecule has 0 amide bonds. The average Bonchev–Trinajstić information content (AvgIpc) is 3.21. The zero-order valence-corrected chi connectivity index (χ0v) is 16.3. The third-order valence-corrected chi connectivity index (χ3v) is 4.49. The lowest BCUT2D eigenvalue weighted by molar-refractivity contribution is 0.0600. The second kappa shape index (κ2) is 8.66. The number of carbonyl (C=O) groups is 1. The molecule has 1 aromatic rings. The number of aliphatic imine (C=N–C) groups is 1. The van der Waals surface area contributed by atoms with E-state index in [2.05, 4.69) is 15.6 Å². The van der Waals surface area contributed by atoms with Crippen LogP contribution in [0.15, 0.2) is 29.3 Å². The van der Waals surface area contributed by atoms with Gasteiger partial charge in [0.2, 0.25) is 0 Å². The standard InChI is InChI=1S/C17H23N3O3.HI/c1-18-17(20-14-9-13-7-8-15(14)23-13)19-10-11-3-5-12(6-4-11)16(21)22-2;/h3-6,13-15H,7-10H2,1-2H3,(H2,18,19,20);1H. The summed E-state index contributed by atoms with van der Waals surface area (Å²) >= 11 is 0. The maximum Gasteiger partial charge on any atom is 0.337 e. The van der Waals surface area contributed by atoms with Crippen molar-refractivity contribution in [3.63, 3.8) is 0 Å². The minimum atomic E-state index is -0.321. The molecule has 6 nitrogen and oxygen atoms in total. The van der Waals surface area contributed by atoms with Crippen LogP contribution in [0.2, 0.25) is 0 Å². The quantitative estimate of drug-likeness (QED) is 0.322. The molecule has 3 rings (SSSR count). The zero-order valence-electron chi connectivity index (χ0n) is 14.0. The van der Waals surface area contributed by atoms with E-state index < -0.39 is 0 Å². The molecule has 2 heterocycles. The number of esters is 1. The lowest BCUT2D eigenvalue weighted by Gasteiger charge is -2.22. The number of halogens is 1. The van der Waals surface area contributed by atoms with Gasteiger partial charge in [-0.15, -0.1) is 24.0 Å². The Labute approximate surface area is 159 Å². The van der Waals surface area contributed by atoms with Crippen molar-refractivity contribution in [1.29, 1.82) is 0 Å². The smallest absolute Gasteiger partial charge is 0.337 e. The molecule has 0 aliphatic carbocycles. The van der Waals surface area contributed by atoms with Gasteiger partial charge in [-0.1, -0.05) is 12.1 Å². The first-order valence-electron chi connectivity index (χ1n) is 7.99. The molecule has 132 valence electrons. The van der Waals surface area contributed by atoms with Gasteiger partial charge >= 0.3 is 5.97 Å². The highest BCUT2D eigenvalue weighted by molar-refractivity contribution is 14.0. The van der Waals surface area contributed by atoms with Crippen LogP contribution >= 0.6 is 24.0 Å². The highest BCUT2D eigenvalue weighted by Gasteiger charge is 2.41. The SMILES string of the molecule is CN=C(NCc1ccc(C(=O)OC)cc1)NC1CC2CCC1O2.I. The summed E-state index contributed by atoms with van der Waals surface area (Å²) in [6, 6.07) is 7.70. The summed E-state index contributed by atoms with van der Waals surface area (Å²) in [5.74, 6) is 0.460. The largest absolute Gasteiger partial charge is 0.465 e. The van der Waals surface area contributed by atoms with Crippen LogP contribution in [0.3, 0.4) is 0 Å². The number of hydrogen-bond acceptors (Lipinski definition) is 4. The Morgan fingerprint density at radius 3 is 2.62 bits per heavy atom. The number of nitrogens with one attached hydrogen (secondary N) is 2. The predicted octanol–water partition coefficient (Wildman–Crippen LogP) is 2.08. The highest BCUT2D eigenvalue weighted by atomic mass is 127. The minimum absolute atomic E-state index is 0. The van der Waals surface area contributed by atoms with Crippen molar-refractivity contribution in [2.24, 2.45) is 4.99 Å². The molecule has 2 aliphatic heterocycles. The molecule has 0 spiro atoms. The molecule has 2 saturated heterocycles. The van der Waals surface area contributed by atoms with Gasteiger partial charge in [0.15, 0.2) is 5.96 Å². The Hall–Kier alpha value is -1.35. The monoisotopic (exact) mass is 445 g/mol. The zero-order chi connectivity index (χ0) is 16.2. The molecule has 7 heteroatoms. The Kier molecular flexibility index (Phi) is 6.85. The second-order valence-corrected chi connectivity index (χ2v) is 5.97. The fraction of sp³-hybridized carbons (Fsp3) is 0.529. The molecular formula is C17H24IN3O3. The highest BCUT2D eigenvalue weighted by Crippen LogP contribution is 2.34. The van der Waals surface area contributed by atoms with Crippen molar-refractivity contribution >= 4 is 35.9 Å². The van der Waals surface area contributed by atoms with Crippen molar-refractivity contribution in [2.75, 3.05) is 14.2 Å². The summed E-state index contributed by atoms with van der Waals surface area (Å²) in [4.78, 5) is 15.7. The average molecular weight is 445 g/mol. The van der Waals surface area contributed by atoms with E-state index >= 15 is 0 Å². The van der Waals surface area contributed by atoms with Gasteiger partial charge in [0.1, 0.15) is 0 Å². The van der Waals surface area contributed by atoms with Crippen molar-refractivity contribution in [3.8, 4) is 0 Å². The van der Waals surface area contributed by atoms with Crippen LogP contribution in [0.25, 0.3) is 0 Å². The van der Waals surface area contributed by atoms with Gasteiger partial charge < -0.3 is 20.1 Å². The number of hydrogen-bond donors (Lipinski definition) is 2. The third kappa shape index (κ3) is 4.38. The molecular weight excluding hydrogens is 421 g/mol. The van der Waals surface area contributed by atoms with E-state index in [0.29, 0.717) is 30.4 Å². The van der Waals surface area contributed by atoms with Gasteiger partial charge in [-0.2, -0.15) is 0 Å². The predicted molar refractivity (Wildman–Crippen MR) is 103 cm³/mol. The minimum Gasteiger partial charge on any atom is -0.465 e. The van der Waals surface area contributed by atoms with Crippen LogP contribution in [0.1, 0.15) is 35.2 Å². The molecule has 1 aromatic carbocycles. The maximum absolute atomic E-state index is 11.4. The number of rotatable bonds is 4. The summed E-state index contributed by atoms with van der Waals surface area (Å²) in [5.41, 5.74) is 1.63. The van der Waals surface area contributed by atoms with E-state index in [9.17, 15) is 4.79 Å². The molecule has 2 fully saturated rings. The Bertz CT molecular complexity index is 591. The molecule has 3 unspecified atom stereocenters. The number of methoxy groups -OCH3 is 1. The van der Waals surface area contributed by atoms with E-state index in [1.54, 1.807) is 19.2 Å².